The van der Waals surface area contributed by atoms with Crippen molar-refractivity contribution in [3.8, 4) is 5.75 Å². The van der Waals surface area contributed by atoms with Crippen LogP contribution < -0.4 is 10.5 Å². The van der Waals surface area contributed by atoms with Gasteiger partial charge in [0.25, 0.3) is 0 Å². The van der Waals surface area contributed by atoms with E-state index >= 15 is 0 Å². The van der Waals surface area contributed by atoms with Crippen LogP contribution >= 0.6 is 12.4 Å². The summed E-state index contributed by atoms with van der Waals surface area (Å²) in [5.41, 5.74) is 5.63. The Kier molecular flexibility index (Phi) is 6.26. The topological polar surface area (TPSA) is 72.6 Å². The molecule has 1 fully saturated rings. The van der Waals surface area contributed by atoms with Gasteiger partial charge in [-0.1, -0.05) is 12.1 Å². The summed E-state index contributed by atoms with van der Waals surface area (Å²) in [4.78, 5) is 0.240. The Bertz CT molecular complexity index is 528. The SMILES string of the molecule is COc1ccccc1S(=O)(=O)N1CCC(CN)CC1.Cl. The predicted octanol–water partition coefficient (Wildman–Crippen LogP) is 1.48. The first-order chi connectivity index (χ1) is 9.09. The Morgan fingerprint density at radius 1 is 1.30 bits per heavy atom. The minimum Gasteiger partial charge on any atom is -0.495 e. The van der Waals surface area contributed by atoms with Crippen molar-refractivity contribution in [1.82, 2.24) is 4.31 Å². The van der Waals surface area contributed by atoms with Crippen LogP contribution in [0.2, 0.25) is 0 Å². The summed E-state index contributed by atoms with van der Waals surface area (Å²) in [6.45, 7) is 1.69. The molecule has 1 aromatic carbocycles. The van der Waals surface area contributed by atoms with Crippen molar-refractivity contribution >= 4 is 22.4 Å². The molecule has 0 bridgehead atoms. The summed E-state index contributed by atoms with van der Waals surface area (Å²) in [5.74, 6) is 0.826. The number of benzene rings is 1. The third-order valence-corrected chi connectivity index (χ3v) is 5.53. The molecule has 114 valence electrons. The number of methoxy groups -OCH3 is 1. The van der Waals surface area contributed by atoms with E-state index in [4.69, 9.17) is 10.5 Å². The summed E-state index contributed by atoms with van der Waals surface area (Å²) >= 11 is 0. The third kappa shape index (κ3) is 3.44. The van der Waals surface area contributed by atoms with Gasteiger partial charge in [-0.05, 0) is 37.4 Å². The van der Waals surface area contributed by atoms with Crippen molar-refractivity contribution in [3.05, 3.63) is 24.3 Å². The largest absolute Gasteiger partial charge is 0.495 e. The van der Waals surface area contributed by atoms with E-state index in [9.17, 15) is 8.42 Å². The zero-order valence-electron chi connectivity index (χ0n) is 11.5. The lowest BCUT2D eigenvalue weighted by molar-refractivity contribution is 0.277. The van der Waals surface area contributed by atoms with Crippen LogP contribution in [0, 0.1) is 5.92 Å². The standard InChI is InChI=1S/C13H20N2O3S.ClH/c1-18-12-4-2-3-5-13(12)19(16,17)15-8-6-11(10-14)7-9-15;/h2-5,11H,6-10,14H2,1H3;1H. The van der Waals surface area contributed by atoms with Crippen molar-refractivity contribution in [1.29, 1.82) is 0 Å². The highest BCUT2D eigenvalue weighted by Crippen LogP contribution is 2.29. The number of nitrogens with two attached hydrogens (primary N) is 1. The average molecular weight is 321 g/mol. The number of hydrogen-bond acceptors (Lipinski definition) is 4. The monoisotopic (exact) mass is 320 g/mol. The molecule has 0 atom stereocenters. The minimum atomic E-state index is -3.47. The van der Waals surface area contributed by atoms with Gasteiger partial charge in [0.05, 0.1) is 7.11 Å². The van der Waals surface area contributed by atoms with Gasteiger partial charge in [-0.3, -0.25) is 0 Å². The Hall–Kier alpha value is -0.820. The fourth-order valence-corrected chi connectivity index (χ4v) is 3.98. The van der Waals surface area contributed by atoms with E-state index in [0.29, 0.717) is 31.3 Å². The van der Waals surface area contributed by atoms with Crippen LogP contribution in [0.15, 0.2) is 29.2 Å². The first kappa shape index (κ1) is 17.2. The molecule has 0 aliphatic carbocycles. The number of halogens is 1. The van der Waals surface area contributed by atoms with Gasteiger partial charge in [-0.25, -0.2) is 8.42 Å². The maximum Gasteiger partial charge on any atom is 0.246 e. The number of rotatable bonds is 4. The van der Waals surface area contributed by atoms with Gasteiger partial charge in [0.2, 0.25) is 10.0 Å². The van der Waals surface area contributed by atoms with Crippen LogP contribution in [0.4, 0.5) is 0 Å². The Balaban J connectivity index is 0.00000200. The van der Waals surface area contributed by atoms with Gasteiger partial charge in [0.15, 0.2) is 0 Å². The minimum absolute atomic E-state index is 0. The van der Waals surface area contributed by atoms with Crippen molar-refractivity contribution < 1.29 is 13.2 Å². The lowest BCUT2D eigenvalue weighted by Gasteiger charge is -2.30. The quantitative estimate of drug-likeness (QED) is 0.912. The molecule has 7 heteroatoms. The molecule has 1 heterocycles. The van der Waals surface area contributed by atoms with Gasteiger partial charge in [-0.15, -0.1) is 12.4 Å². The highest BCUT2D eigenvalue weighted by molar-refractivity contribution is 7.89. The van der Waals surface area contributed by atoms with E-state index in [0.717, 1.165) is 12.8 Å². The molecule has 1 aliphatic rings. The number of sulfonamides is 1. The molecule has 0 aromatic heterocycles. The molecule has 0 spiro atoms. The zero-order chi connectivity index (χ0) is 13.9. The predicted molar refractivity (Wildman–Crippen MR) is 80.8 cm³/mol. The highest BCUT2D eigenvalue weighted by atomic mass is 35.5. The summed E-state index contributed by atoms with van der Waals surface area (Å²) in [7, 11) is -1.99. The number of ether oxygens (including phenoxy) is 1. The van der Waals surface area contributed by atoms with Gasteiger partial charge in [0.1, 0.15) is 10.6 Å². The van der Waals surface area contributed by atoms with Gasteiger partial charge >= 0.3 is 0 Å². The third-order valence-electron chi connectivity index (χ3n) is 3.59. The van der Waals surface area contributed by atoms with Crippen molar-refractivity contribution in [2.24, 2.45) is 11.7 Å². The molecule has 2 rings (SSSR count). The van der Waals surface area contributed by atoms with E-state index in [2.05, 4.69) is 0 Å². The van der Waals surface area contributed by atoms with Crippen LogP contribution in [-0.4, -0.2) is 39.5 Å². The molecule has 1 saturated heterocycles. The van der Waals surface area contributed by atoms with Gasteiger partial charge < -0.3 is 10.5 Å². The Morgan fingerprint density at radius 3 is 2.45 bits per heavy atom. The van der Waals surface area contributed by atoms with Crippen LogP contribution in [0.25, 0.3) is 0 Å². The fourth-order valence-electron chi connectivity index (χ4n) is 2.36. The number of hydrogen-bond donors (Lipinski definition) is 1. The van der Waals surface area contributed by atoms with Crippen molar-refractivity contribution in [2.45, 2.75) is 17.7 Å². The summed E-state index contributed by atoms with van der Waals surface area (Å²) in [6.07, 6.45) is 1.65. The smallest absolute Gasteiger partial charge is 0.246 e. The lowest BCUT2D eigenvalue weighted by Crippen LogP contribution is -2.40. The molecule has 5 nitrogen and oxygen atoms in total. The lowest BCUT2D eigenvalue weighted by atomic mass is 9.99. The first-order valence-electron chi connectivity index (χ1n) is 6.43. The molecular formula is C13H21ClN2O3S. The second-order valence-electron chi connectivity index (χ2n) is 4.73. The molecule has 0 unspecified atom stereocenters. The molecule has 1 aromatic rings. The van der Waals surface area contributed by atoms with Gasteiger partial charge in [-0.2, -0.15) is 4.31 Å². The summed E-state index contributed by atoms with van der Waals surface area (Å²) in [5, 5.41) is 0. The Morgan fingerprint density at radius 2 is 1.90 bits per heavy atom. The molecule has 0 amide bonds. The van der Waals surface area contributed by atoms with Crippen LogP contribution in [0.1, 0.15) is 12.8 Å². The van der Waals surface area contributed by atoms with Crippen LogP contribution in [0.5, 0.6) is 5.75 Å². The van der Waals surface area contributed by atoms with E-state index in [1.807, 2.05) is 0 Å². The zero-order valence-corrected chi connectivity index (χ0v) is 13.1. The van der Waals surface area contributed by atoms with E-state index in [-0.39, 0.29) is 17.3 Å². The Labute approximate surface area is 126 Å². The number of nitrogens with zero attached hydrogens (tertiary/aromatic N) is 1. The van der Waals surface area contributed by atoms with E-state index in [1.165, 1.54) is 11.4 Å². The maximum atomic E-state index is 12.6. The molecule has 1 aliphatic heterocycles. The number of piperidine rings is 1. The molecule has 0 radical (unpaired) electrons. The van der Waals surface area contributed by atoms with E-state index in [1.54, 1.807) is 24.3 Å². The molecule has 2 N–H and O–H groups in total. The molecule has 20 heavy (non-hydrogen) atoms. The molecular weight excluding hydrogens is 300 g/mol. The summed E-state index contributed by atoms with van der Waals surface area (Å²) in [6, 6.07) is 6.73. The normalized spacial score (nSPS) is 17.5. The summed E-state index contributed by atoms with van der Waals surface area (Å²) < 4.78 is 31.8. The molecule has 0 saturated carbocycles. The maximum absolute atomic E-state index is 12.6. The fraction of sp³-hybridized carbons (Fsp3) is 0.538. The van der Waals surface area contributed by atoms with Crippen molar-refractivity contribution in [3.63, 3.8) is 0 Å². The van der Waals surface area contributed by atoms with Crippen LogP contribution in [-0.2, 0) is 10.0 Å². The highest BCUT2D eigenvalue weighted by Gasteiger charge is 2.30. The van der Waals surface area contributed by atoms with Crippen molar-refractivity contribution in [2.75, 3.05) is 26.7 Å². The van der Waals surface area contributed by atoms with E-state index < -0.39 is 10.0 Å². The van der Waals surface area contributed by atoms with Crippen LogP contribution in [0.3, 0.4) is 0 Å². The second kappa shape index (κ2) is 7.26. The average Bonchev–Trinajstić information content (AvgIpc) is 2.47. The second-order valence-corrected chi connectivity index (χ2v) is 6.64. The number of para-hydroxylation sites is 1. The first-order valence-corrected chi connectivity index (χ1v) is 7.87. The van der Waals surface area contributed by atoms with Gasteiger partial charge in [0, 0.05) is 13.1 Å².